The lowest BCUT2D eigenvalue weighted by Gasteiger charge is -2.07. The molecule has 98 valence electrons. The van der Waals surface area contributed by atoms with Crippen LogP contribution < -0.4 is 5.32 Å². The maximum absolute atomic E-state index is 12.0. The van der Waals surface area contributed by atoms with E-state index in [0.29, 0.717) is 16.8 Å². The van der Waals surface area contributed by atoms with E-state index < -0.39 is 12.6 Å². The number of halogens is 4. The number of fused-ring (bicyclic) bond motifs is 1. The largest absolute Gasteiger partial charge is 0.390 e. The molecule has 0 aliphatic carbocycles. The van der Waals surface area contributed by atoms with Gasteiger partial charge in [0.25, 0.3) is 0 Å². The smallest absolute Gasteiger partial charge is 0.311 e. The summed E-state index contributed by atoms with van der Waals surface area (Å²) in [6, 6.07) is 0. The van der Waals surface area contributed by atoms with Gasteiger partial charge in [-0.15, -0.1) is 0 Å². The summed E-state index contributed by atoms with van der Waals surface area (Å²) in [7, 11) is 0. The Morgan fingerprint density at radius 1 is 1.28 bits per heavy atom. The number of hydrogen-bond donors (Lipinski definition) is 1. The van der Waals surface area contributed by atoms with Gasteiger partial charge in [0.2, 0.25) is 0 Å². The van der Waals surface area contributed by atoms with Gasteiger partial charge in [-0.3, -0.25) is 4.40 Å². The zero-order chi connectivity index (χ0) is 13.2. The van der Waals surface area contributed by atoms with E-state index in [1.54, 1.807) is 23.0 Å². The van der Waals surface area contributed by atoms with Gasteiger partial charge in [0.15, 0.2) is 5.65 Å². The second kappa shape index (κ2) is 5.23. The van der Waals surface area contributed by atoms with Crippen LogP contribution in [0.4, 0.5) is 13.2 Å². The third-order valence-electron chi connectivity index (χ3n) is 2.33. The molecule has 0 spiro atoms. The Kier molecular flexibility index (Phi) is 3.86. The standard InChI is InChI=1S/C10H10BrF3N4/c11-8-6-18-7(4-17-9(18)5-16-8)3-15-2-1-10(12,13)14/h4-6,15H,1-3H2. The first-order chi connectivity index (χ1) is 8.46. The van der Waals surface area contributed by atoms with Crippen molar-refractivity contribution in [3.8, 4) is 0 Å². The molecular weight excluding hydrogens is 313 g/mol. The summed E-state index contributed by atoms with van der Waals surface area (Å²) in [6.07, 6.45) is -0.0368. The molecule has 0 fully saturated rings. The molecule has 2 aromatic rings. The van der Waals surface area contributed by atoms with Crippen LogP contribution in [0, 0.1) is 0 Å². The molecule has 2 rings (SSSR count). The lowest BCUT2D eigenvalue weighted by atomic mass is 10.4. The lowest BCUT2D eigenvalue weighted by Crippen LogP contribution is -2.21. The van der Waals surface area contributed by atoms with E-state index in [2.05, 4.69) is 31.2 Å². The molecule has 0 bridgehead atoms. The molecule has 0 aliphatic rings. The minimum absolute atomic E-state index is 0.108. The Morgan fingerprint density at radius 2 is 2.06 bits per heavy atom. The van der Waals surface area contributed by atoms with Crippen molar-refractivity contribution in [2.24, 2.45) is 0 Å². The molecule has 0 radical (unpaired) electrons. The molecule has 8 heteroatoms. The predicted molar refractivity (Wildman–Crippen MR) is 63.1 cm³/mol. The number of imidazole rings is 1. The molecule has 0 unspecified atom stereocenters. The molecular formula is C10H10BrF3N4. The quantitative estimate of drug-likeness (QED) is 0.880. The second-order valence-corrected chi connectivity index (χ2v) is 4.54. The average Bonchev–Trinajstić information content (AvgIpc) is 2.66. The lowest BCUT2D eigenvalue weighted by molar-refractivity contribution is -0.133. The minimum atomic E-state index is -4.13. The summed E-state index contributed by atoms with van der Waals surface area (Å²) in [5.41, 5.74) is 1.45. The van der Waals surface area contributed by atoms with Gasteiger partial charge in [0.1, 0.15) is 4.60 Å². The second-order valence-electron chi connectivity index (χ2n) is 3.73. The maximum atomic E-state index is 12.0. The normalized spacial score (nSPS) is 12.2. The fourth-order valence-electron chi connectivity index (χ4n) is 1.49. The topological polar surface area (TPSA) is 42.2 Å². The van der Waals surface area contributed by atoms with E-state index in [0.717, 1.165) is 5.69 Å². The van der Waals surface area contributed by atoms with E-state index in [4.69, 9.17) is 0 Å². The average molecular weight is 323 g/mol. The first-order valence-corrected chi connectivity index (χ1v) is 6.00. The number of nitrogens with zero attached hydrogens (tertiary/aromatic N) is 3. The van der Waals surface area contributed by atoms with Crippen LogP contribution in [-0.4, -0.2) is 27.1 Å². The zero-order valence-electron chi connectivity index (χ0n) is 9.21. The SMILES string of the molecule is FC(F)(F)CCNCc1cnc2cnc(Br)cn12. The van der Waals surface area contributed by atoms with Crippen LogP contribution in [0.1, 0.15) is 12.1 Å². The third-order valence-corrected chi connectivity index (χ3v) is 2.74. The van der Waals surface area contributed by atoms with Gasteiger partial charge in [0.05, 0.1) is 24.5 Å². The molecule has 0 atom stereocenters. The van der Waals surface area contributed by atoms with Gasteiger partial charge in [-0.2, -0.15) is 13.2 Å². The fourth-order valence-corrected chi connectivity index (χ4v) is 1.80. The molecule has 0 amide bonds. The van der Waals surface area contributed by atoms with E-state index >= 15 is 0 Å². The molecule has 4 nitrogen and oxygen atoms in total. The first kappa shape index (κ1) is 13.3. The van der Waals surface area contributed by atoms with Crippen molar-refractivity contribution in [3.05, 3.63) is 28.9 Å². The van der Waals surface area contributed by atoms with E-state index in [1.807, 2.05) is 0 Å². The van der Waals surface area contributed by atoms with Crippen molar-refractivity contribution in [2.75, 3.05) is 6.54 Å². The van der Waals surface area contributed by atoms with Crippen molar-refractivity contribution in [2.45, 2.75) is 19.1 Å². The van der Waals surface area contributed by atoms with Gasteiger partial charge >= 0.3 is 6.18 Å². The van der Waals surface area contributed by atoms with Crippen LogP contribution in [0.2, 0.25) is 0 Å². The van der Waals surface area contributed by atoms with Gasteiger partial charge in [-0.1, -0.05) is 0 Å². The molecule has 2 heterocycles. The molecule has 2 aromatic heterocycles. The summed E-state index contributed by atoms with van der Waals surface area (Å²) < 4.78 is 38.3. The monoisotopic (exact) mass is 322 g/mol. The predicted octanol–water partition coefficient (Wildman–Crippen LogP) is 2.53. The van der Waals surface area contributed by atoms with E-state index in [1.165, 1.54) is 0 Å². The Bertz CT molecular complexity index is 537. The first-order valence-electron chi connectivity index (χ1n) is 5.21. The number of rotatable bonds is 4. The number of alkyl halides is 3. The number of aromatic nitrogens is 3. The molecule has 0 saturated heterocycles. The Labute approximate surface area is 109 Å². The van der Waals surface area contributed by atoms with Crippen molar-refractivity contribution >= 4 is 21.6 Å². The van der Waals surface area contributed by atoms with Crippen LogP contribution in [0.5, 0.6) is 0 Å². The summed E-state index contributed by atoms with van der Waals surface area (Å²) in [4.78, 5) is 8.12. The van der Waals surface area contributed by atoms with Crippen molar-refractivity contribution in [1.82, 2.24) is 19.7 Å². The van der Waals surface area contributed by atoms with Crippen molar-refractivity contribution < 1.29 is 13.2 Å². The maximum Gasteiger partial charge on any atom is 0.390 e. The molecule has 0 aromatic carbocycles. The van der Waals surface area contributed by atoms with Gasteiger partial charge < -0.3 is 5.32 Å². The highest BCUT2D eigenvalue weighted by molar-refractivity contribution is 9.10. The molecule has 1 N–H and O–H groups in total. The molecule has 0 saturated carbocycles. The van der Waals surface area contributed by atoms with Gasteiger partial charge in [-0.25, -0.2) is 9.97 Å². The van der Waals surface area contributed by atoms with Crippen LogP contribution in [0.15, 0.2) is 23.2 Å². The summed E-state index contributed by atoms with van der Waals surface area (Å²) >= 11 is 3.23. The summed E-state index contributed by atoms with van der Waals surface area (Å²) in [5, 5.41) is 2.74. The highest BCUT2D eigenvalue weighted by Gasteiger charge is 2.25. The summed E-state index contributed by atoms with van der Waals surface area (Å²) in [6.45, 7) is 0.219. The minimum Gasteiger partial charge on any atom is -0.311 e. The van der Waals surface area contributed by atoms with Crippen LogP contribution in [-0.2, 0) is 6.54 Å². The van der Waals surface area contributed by atoms with Crippen LogP contribution in [0.3, 0.4) is 0 Å². The third kappa shape index (κ3) is 3.42. The Balaban J connectivity index is 1.98. The molecule has 0 aliphatic heterocycles. The Hall–Kier alpha value is -1.15. The van der Waals surface area contributed by atoms with Gasteiger partial charge in [-0.05, 0) is 15.9 Å². The van der Waals surface area contributed by atoms with E-state index in [-0.39, 0.29) is 6.54 Å². The highest BCUT2D eigenvalue weighted by Crippen LogP contribution is 2.18. The van der Waals surface area contributed by atoms with Crippen molar-refractivity contribution in [1.29, 1.82) is 0 Å². The number of hydrogen-bond acceptors (Lipinski definition) is 3. The van der Waals surface area contributed by atoms with Crippen LogP contribution >= 0.6 is 15.9 Å². The van der Waals surface area contributed by atoms with Crippen LogP contribution in [0.25, 0.3) is 5.65 Å². The number of nitrogens with one attached hydrogen (secondary N) is 1. The molecule has 18 heavy (non-hydrogen) atoms. The van der Waals surface area contributed by atoms with Crippen molar-refractivity contribution in [3.63, 3.8) is 0 Å². The fraction of sp³-hybridized carbons (Fsp3) is 0.400. The van der Waals surface area contributed by atoms with E-state index in [9.17, 15) is 13.2 Å². The Morgan fingerprint density at radius 3 is 2.78 bits per heavy atom. The highest BCUT2D eigenvalue weighted by atomic mass is 79.9. The van der Waals surface area contributed by atoms with Gasteiger partial charge in [0, 0.05) is 19.3 Å². The summed E-state index contributed by atoms with van der Waals surface area (Å²) in [5.74, 6) is 0. The zero-order valence-corrected chi connectivity index (χ0v) is 10.8.